The summed E-state index contributed by atoms with van der Waals surface area (Å²) in [6.07, 6.45) is 0.0653. The van der Waals surface area contributed by atoms with Crippen LogP contribution < -0.4 is 5.32 Å². The SMILES string of the molecule is Cc1nc2cc(F)ccc2cc1C(=O)N1CCO[C@H]2CNC[C@H]21. The minimum atomic E-state index is -0.323. The number of hydrogen-bond donors (Lipinski definition) is 1. The van der Waals surface area contributed by atoms with E-state index in [9.17, 15) is 9.18 Å². The highest BCUT2D eigenvalue weighted by atomic mass is 19.1. The maximum atomic E-state index is 13.3. The Labute approximate surface area is 133 Å². The minimum Gasteiger partial charge on any atom is -0.373 e. The molecule has 6 heteroatoms. The number of nitrogens with zero attached hydrogens (tertiary/aromatic N) is 2. The Morgan fingerprint density at radius 2 is 2.26 bits per heavy atom. The van der Waals surface area contributed by atoms with Crippen molar-refractivity contribution >= 4 is 16.8 Å². The van der Waals surface area contributed by atoms with Crippen LogP contribution in [-0.4, -0.2) is 54.2 Å². The Hall–Kier alpha value is -2.05. The average Bonchev–Trinajstić information content (AvgIpc) is 3.02. The van der Waals surface area contributed by atoms with Gasteiger partial charge >= 0.3 is 0 Å². The Morgan fingerprint density at radius 1 is 1.39 bits per heavy atom. The largest absolute Gasteiger partial charge is 0.373 e. The van der Waals surface area contributed by atoms with E-state index in [0.717, 1.165) is 18.5 Å². The molecular formula is C17H18FN3O2. The molecule has 2 aliphatic heterocycles. The molecule has 2 aromatic rings. The fraction of sp³-hybridized carbons (Fsp3) is 0.412. The van der Waals surface area contributed by atoms with Crippen molar-refractivity contribution in [2.75, 3.05) is 26.2 Å². The summed E-state index contributed by atoms with van der Waals surface area (Å²) >= 11 is 0. The van der Waals surface area contributed by atoms with E-state index in [4.69, 9.17) is 4.74 Å². The first-order valence-electron chi connectivity index (χ1n) is 7.84. The van der Waals surface area contributed by atoms with Crippen molar-refractivity contribution in [1.82, 2.24) is 15.2 Å². The summed E-state index contributed by atoms with van der Waals surface area (Å²) in [6, 6.07) is 6.32. The number of amides is 1. The lowest BCUT2D eigenvalue weighted by atomic mass is 10.1. The van der Waals surface area contributed by atoms with Gasteiger partial charge in [-0.05, 0) is 25.1 Å². The van der Waals surface area contributed by atoms with Crippen LogP contribution in [-0.2, 0) is 4.74 Å². The first kappa shape index (κ1) is 14.5. The standard InChI is InChI=1S/C17H18FN3O2/c1-10-13(6-11-2-3-12(18)7-14(11)20-10)17(22)21-4-5-23-16-9-19-8-15(16)21/h2-3,6-7,15-16,19H,4-5,8-9H2,1H3/t15-,16+/m1/s1. The van der Waals surface area contributed by atoms with Crippen molar-refractivity contribution in [2.24, 2.45) is 0 Å². The number of fused-ring (bicyclic) bond motifs is 2. The number of carbonyl (C=O) groups is 1. The lowest BCUT2D eigenvalue weighted by molar-refractivity contribution is -0.0365. The third-order valence-electron chi connectivity index (χ3n) is 4.65. The maximum Gasteiger partial charge on any atom is 0.256 e. The second kappa shape index (κ2) is 5.54. The van der Waals surface area contributed by atoms with Gasteiger partial charge in [-0.25, -0.2) is 4.39 Å². The Morgan fingerprint density at radius 3 is 3.13 bits per heavy atom. The van der Waals surface area contributed by atoms with Crippen LogP contribution >= 0.6 is 0 Å². The van der Waals surface area contributed by atoms with E-state index in [-0.39, 0.29) is 23.9 Å². The fourth-order valence-electron chi connectivity index (χ4n) is 3.45. The molecule has 2 aliphatic rings. The number of halogens is 1. The van der Waals surface area contributed by atoms with Gasteiger partial charge in [0.15, 0.2) is 0 Å². The molecule has 1 N–H and O–H groups in total. The molecule has 2 fully saturated rings. The quantitative estimate of drug-likeness (QED) is 0.866. The highest BCUT2D eigenvalue weighted by Gasteiger charge is 2.39. The summed E-state index contributed by atoms with van der Waals surface area (Å²) in [5.74, 6) is -0.347. The van der Waals surface area contributed by atoms with Gasteiger partial charge in [-0.15, -0.1) is 0 Å². The third kappa shape index (κ3) is 2.48. The number of hydrogen-bond acceptors (Lipinski definition) is 4. The average molecular weight is 315 g/mol. The van der Waals surface area contributed by atoms with Gasteiger partial charge in [-0.3, -0.25) is 9.78 Å². The van der Waals surface area contributed by atoms with E-state index < -0.39 is 0 Å². The van der Waals surface area contributed by atoms with Crippen molar-refractivity contribution < 1.29 is 13.9 Å². The molecule has 1 amide bonds. The van der Waals surface area contributed by atoms with Crippen LogP contribution in [0.15, 0.2) is 24.3 Å². The van der Waals surface area contributed by atoms with E-state index >= 15 is 0 Å². The summed E-state index contributed by atoms with van der Waals surface area (Å²) < 4.78 is 19.0. The lowest BCUT2D eigenvalue weighted by Gasteiger charge is -2.37. The van der Waals surface area contributed by atoms with Gasteiger partial charge < -0.3 is 15.0 Å². The molecule has 0 radical (unpaired) electrons. The number of aryl methyl sites for hydroxylation is 1. The van der Waals surface area contributed by atoms with Crippen LogP contribution in [0.4, 0.5) is 4.39 Å². The predicted octanol–water partition coefficient (Wildman–Crippen LogP) is 1.50. The van der Waals surface area contributed by atoms with Gasteiger partial charge in [0.1, 0.15) is 5.82 Å². The molecular weight excluding hydrogens is 297 g/mol. The van der Waals surface area contributed by atoms with Crippen LogP contribution in [0.1, 0.15) is 16.1 Å². The zero-order chi connectivity index (χ0) is 16.0. The number of morpholine rings is 1. The van der Waals surface area contributed by atoms with Gasteiger partial charge in [0.2, 0.25) is 0 Å². The summed E-state index contributed by atoms with van der Waals surface area (Å²) in [7, 11) is 0. The summed E-state index contributed by atoms with van der Waals surface area (Å²) in [6.45, 7) is 4.47. The molecule has 0 bridgehead atoms. The van der Waals surface area contributed by atoms with Gasteiger partial charge in [0.05, 0.1) is 35.5 Å². The molecule has 1 aromatic heterocycles. The van der Waals surface area contributed by atoms with Crippen LogP contribution in [0.25, 0.3) is 10.9 Å². The Balaban J connectivity index is 1.71. The molecule has 2 saturated heterocycles. The van der Waals surface area contributed by atoms with Gasteiger partial charge in [0.25, 0.3) is 5.91 Å². The molecule has 0 spiro atoms. The monoisotopic (exact) mass is 315 g/mol. The minimum absolute atomic E-state index is 0.0248. The summed E-state index contributed by atoms with van der Waals surface area (Å²) in [5, 5.41) is 4.05. The normalized spacial score (nSPS) is 24.0. The van der Waals surface area contributed by atoms with Crippen molar-refractivity contribution in [3.8, 4) is 0 Å². The maximum absolute atomic E-state index is 13.3. The van der Waals surface area contributed by atoms with Crippen LogP contribution in [0.3, 0.4) is 0 Å². The van der Waals surface area contributed by atoms with E-state index in [1.165, 1.54) is 12.1 Å². The molecule has 1 aromatic carbocycles. The number of carbonyl (C=O) groups excluding carboxylic acids is 1. The summed E-state index contributed by atoms with van der Waals surface area (Å²) in [4.78, 5) is 19.3. The molecule has 0 saturated carbocycles. The molecule has 3 heterocycles. The predicted molar refractivity (Wildman–Crippen MR) is 83.9 cm³/mol. The van der Waals surface area contributed by atoms with E-state index in [2.05, 4.69) is 10.3 Å². The highest BCUT2D eigenvalue weighted by Crippen LogP contribution is 2.23. The molecule has 2 atom stereocenters. The highest BCUT2D eigenvalue weighted by molar-refractivity contribution is 5.99. The van der Waals surface area contributed by atoms with E-state index in [1.54, 1.807) is 13.0 Å². The number of rotatable bonds is 1. The molecule has 0 unspecified atom stereocenters. The lowest BCUT2D eigenvalue weighted by Crippen LogP contribution is -2.53. The third-order valence-corrected chi connectivity index (χ3v) is 4.65. The fourth-order valence-corrected chi connectivity index (χ4v) is 3.45. The van der Waals surface area contributed by atoms with E-state index in [1.807, 2.05) is 11.0 Å². The van der Waals surface area contributed by atoms with Crippen molar-refractivity contribution in [3.05, 3.63) is 41.3 Å². The summed E-state index contributed by atoms with van der Waals surface area (Å²) in [5.41, 5.74) is 1.78. The molecule has 23 heavy (non-hydrogen) atoms. The molecule has 0 aliphatic carbocycles. The number of pyridine rings is 1. The Bertz CT molecular complexity index is 780. The second-order valence-corrected chi connectivity index (χ2v) is 6.09. The number of aromatic nitrogens is 1. The first-order chi connectivity index (χ1) is 11.1. The number of nitrogens with one attached hydrogen (secondary N) is 1. The van der Waals surface area contributed by atoms with Crippen molar-refractivity contribution in [3.63, 3.8) is 0 Å². The van der Waals surface area contributed by atoms with E-state index in [0.29, 0.717) is 29.9 Å². The molecule has 4 rings (SSSR count). The molecule has 5 nitrogen and oxygen atoms in total. The first-order valence-corrected chi connectivity index (χ1v) is 7.84. The van der Waals surface area contributed by atoms with Gasteiger partial charge in [0, 0.05) is 31.1 Å². The smallest absolute Gasteiger partial charge is 0.256 e. The second-order valence-electron chi connectivity index (χ2n) is 6.09. The van der Waals surface area contributed by atoms with Crippen LogP contribution in [0.2, 0.25) is 0 Å². The topological polar surface area (TPSA) is 54.5 Å². The van der Waals surface area contributed by atoms with Crippen LogP contribution in [0.5, 0.6) is 0 Å². The van der Waals surface area contributed by atoms with Crippen molar-refractivity contribution in [1.29, 1.82) is 0 Å². The van der Waals surface area contributed by atoms with Crippen LogP contribution in [0, 0.1) is 12.7 Å². The zero-order valence-corrected chi connectivity index (χ0v) is 12.9. The van der Waals surface area contributed by atoms with Gasteiger partial charge in [-0.1, -0.05) is 0 Å². The Kier molecular flexibility index (Phi) is 3.50. The van der Waals surface area contributed by atoms with Crippen molar-refractivity contribution in [2.45, 2.75) is 19.1 Å². The molecule has 120 valence electrons. The number of benzene rings is 1. The zero-order valence-electron chi connectivity index (χ0n) is 12.9. The number of ether oxygens (including phenoxy) is 1. The van der Waals surface area contributed by atoms with Gasteiger partial charge in [-0.2, -0.15) is 0 Å².